The number of rotatable bonds is 6. The third kappa shape index (κ3) is 4.34. The van der Waals surface area contributed by atoms with E-state index in [1.165, 1.54) is 0 Å². The number of nitrogens with one attached hydrogen (secondary N) is 1. The van der Waals surface area contributed by atoms with Crippen LogP contribution in [0, 0.1) is 17.2 Å². The largest absolute Gasteiger partial charge is 0.389 e. The predicted molar refractivity (Wildman–Crippen MR) is 77.7 cm³/mol. The molecule has 0 amide bonds. The minimum atomic E-state index is -0.712. The van der Waals surface area contributed by atoms with Gasteiger partial charge in [-0.15, -0.1) is 0 Å². The van der Waals surface area contributed by atoms with Crippen molar-refractivity contribution in [3.05, 3.63) is 35.4 Å². The van der Waals surface area contributed by atoms with E-state index in [0.717, 1.165) is 12.0 Å². The molecule has 0 fully saturated rings. The Kier molecular flexibility index (Phi) is 5.53. The van der Waals surface area contributed by atoms with Gasteiger partial charge in [0.15, 0.2) is 0 Å². The third-order valence-corrected chi connectivity index (χ3v) is 3.96. The van der Waals surface area contributed by atoms with Gasteiger partial charge in [0, 0.05) is 12.6 Å². The van der Waals surface area contributed by atoms with Crippen LogP contribution in [0.3, 0.4) is 0 Å². The van der Waals surface area contributed by atoms with Crippen LogP contribution in [-0.4, -0.2) is 17.3 Å². The first-order valence-corrected chi connectivity index (χ1v) is 6.86. The zero-order valence-electron chi connectivity index (χ0n) is 12.3. The molecule has 3 atom stereocenters. The fourth-order valence-corrected chi connectivity index (χ4v) is 1.97. The smallest absolute Gasteiger partial charge is 0.0991 e. The lowest BCUT2D eigenvalue weighted by atomic mass is 9.88. The van der Waals surface area contributed by atoms with Crippen molar-refractivity contribution < 1.29 is 5.11 Å². The van der Waals surface area contributed by atoms with Gasteiger partial charge in [0.25, 0.3) is 0 Å². The summed E-state index contributed by atoms with van der Waals surface area (Å²) in [5.41, 5.74) is 1.02. The summed E-state index contributed by atoms with van der Waals surface area (Å²) in [6.07, 6.45) is 0.951. The van der Waals surface area contributed by atoms with Gasteiger partial charge in [-0.3, -0.25) is 0 Å². The molecule has 1 aromatic rings. The molecule has 0 bridgehead atoms. The highest BCUT2D eigenvalue weighted by Gasteiger charge is 2.27. The summed E-state index contributed by atoms with van der Waals surface area (Å²) in [7, 11) is 0. The minimum Gasteiger partial charge on any atom is -0.389 e. The molecule has 0 aromatic heterocycles. The topological polar surface area (TPSA) is 56.0 Å². The van der Waals surface area contributed by atoms with Crippen molar-refractivity contribution in [3.63, 3.8) is 0 Å². The van der Waals surface area contributed by atoms with Crippen LogP contribution in [0.25, 0.3) is 0 Å². The number of nitriles is 1. The lowest BCUT2D eigenvalue weighted by Crippen LogP contribution is -2.43. The molecule has 0 aliphatic carbocycles. The number of hydrogen-bond acceptors (Lipinski definition) is 3. The Hall–Kier alpha value is -1.37. The van der Waals surface area contributed by atoms with Gasteiger partial charge in [-0.1, -0.05) is 32.4 Å². The lowest BCUT2D eigenvalue weighted by molar-refractivity contribution is 0.00365. The zero-order valence-corrected chi connectivity index (χ0v) is 12.3. The fraction of sp³-hybridized carbons (Fsp3) is 0.562. The van der Waals surface area contributed by atoms with Crippen LogP contribution in [0.5, 0.6) is 0 Å². The first-order valence-electron chi connectivity index (χ1n) is 6.86. The van der Waals surface area contributed by atoms with Crippen LogP contribution < -0.4 is 5.32 Å². The third-order valence-electron chi connectivity index (χ3n) is 3.96. The first kappa shape index (κ1) is 15.7. The number of benzene rings is 1. The highest BCUT2D eigenvalue weighted by atomic mass is 16.3. The molecule has 0 spiro atoms. The molecular weight excluding hydrogens is 236 g/mol. The maximum atomic E-state index is 10.4. The van der Waals surface area contributed by atoms with Crippen molar-refractivity contribution in [2.75, 3.05) is 6.54 Å². The Morgan fingerprint density at radius 3 is 2.68 bits per heavy atom. The molecule has 0 radical (unpaired) electrons. The lowest BCUT2D eigenvalue weighted by Gasteiger charge is -2.31. The van der Waals surface area contributed by atoms with E-state index in [9.17, 15) is 5.11 Å². The van der Waals surface area contributed by atoms with Crippen LogP contribution in [-0.2, 0) is 0 Å². The Labute approximate surface area is 116 Å². The molecule has 0 aliphatic heterocycles. The highest BCUT2D eigenvalue weighted by Crippen LogP contribution is 2.21. The van der Waals surface area contributed by atoms with Gasteiger partial charge in [-0.2, -0.15) is 5.26 Å². The van der Waals surface area contributed by atoms with E-state index in [4.69, 9.17) is 5.26 Å². The molecule has 3 nitrogen and oxygen atoms in total. The molecule has 3 heteroatoms. The molecule has 3 unspecified atom stereocenters. The van der Waals surface area contributed by atoms with E-state index in [0.29, 0.717) is 12.1 Å². The van der Waals surface area contributed by atoms with E-state index in [2.05, 4.69) is 25.2 Å². The second kappa shape index (κ2) is 6.70. The summed E-state index contributed by atoms with van der Waals surface area (Å²) in [6.45, 7) is 8.59. The van der Waals surface area contributed by atoms with Crippen molar-refractivity contribution in [2.24, 2.45) is 5.92 Å². The molecule has 0 saturated heterocycles. The molecular formula is C16H24N2O. The molecule has 1 aromatic carbocycles. The Morgan fingerprint density at radius 2 is 2.11 bits per heavy atom. The zero-order chi connectivity index (χ0) is 14.5. The average molecular weight is 260 g/mol. The van der Waals surface area contributed by atoms with Gasteiger partial charge < -0.3 is 10.4 Å². The summed E-state index contributed by atoms with van der Waals surface area (Å²) >= 11 is 0. The van der Waals surface area contributed by atoms with Crippen LogP contribution in [0.2, 0.25) is 0 Å². The minimum absolute atomic E-state index is 0.115. The molecule has 0 heterocycles. The molecule has 19 heavy (non-hydrogen) atoms. The van der Waals surface area contributed by atoms with E-state index in [1.807, 2.05) is 32.0 Å². The van der Waals surface area contributed by atoms with Gasteiger partial charge in [0.1, 0.15) is 0 Å². The maximum Gasteiger partial charge on any atom is 0.0991 e. The monoisotopic (exact) mass is 260 g/mol. The van der Waals surface area contributed by atoms with Crippen molar-refractivity contribution in [3.8, 4) is 6.07 Å². The normalized spacial score (nSPS) is 17.3. The van der Waals surface area contributed by atoms with Gasteiger partial charge in [-0.05, 0) is 37.5 Å². The highest BCUT2D eigenvalue weighted by molar-refractivity contribution is 5.34. The molecule has 104 valence electrons. The summed E-state index contributed by atoms with van der Waals surface area (Å²) in [5, 5.41) is 22.6. The van der Waals surface area contributed by atoms with Crippen molar-refractivity contribution in [1.82, 2.24) is 5.32 Å². The van der Waals surface area contributed by atoms with Gasteiger partial charge in [0.05, 0.1) is 17.2 Å². The van der Waals surface area contributed by atoms with E-state index >= 15 is 0 Å². The Balaban J connectivity index is 2.65. The standard InChI is InChI=1S/C16H24N2O/c1-5-12(2)16(4,19)11-18-13(3)15-8-6-7-14(9-15)10-17/h6-9,12-13,18-19H,5,11H2,1-4H3. The van der Waals surface area contributed by atoms with Crippen molar-refractivity contribution in [1.29, 1.82) is 5.26 Å². The van der Waals surface area contributed by atoms with Crippen LogP contribution >= 0.6 is 0 Å². The second-order valence-electron chi connectivity index (χ2n) is 5.51. The van der Waals surface area contributed by atoms with Gasteiger partial charge >= 0.3 is 0 Å². The summed E-state index contributed by atoms with van der Waals surface area (Å²) in [5.74, 6) is 0.248. The number of hydrogen-bond donors (Lipinski definition) is 2. The molecule has 0 saturated carbocycles. The number of nitrogens with zero attached hydrogens (tertiary/aromatic N) is 1. The maximum absolute atomic E-state index is 10.4. The number of aliphatic hydroxyl groups is 1. The van der Waals surface area contributed by atoms with Gasteiger partial charge in [-0.25, -0.2) is 0 Å². The SMILES string of the molecule is CCC(C)C(C)(O)CNC(C)c1cccc(C#N)c1. The van der Waals surface area contributed by atoms with E-state index < -0.39 is 5.60 Å². The summed E-state index contributed by atoms with van der Waals surface area (Å²) in [4.78, 5) is 0. The first-order chi connectivity index (χ1) is 8.90. The van der Waals surface area contributed by atoms with Crippen LogP contribution in [0.15, 0.2) is 24.3 Å². The fourth-order valence-electron chi connectivity index (χ4n) is 1.97. The van der Waals surface area contributed by atoms with Crippen LogP contribution in [0.4, 0.5) is 0 Å². The van der Waals surface area contributed by atoms with Crippen molar-refractivity contribution in [2.45, 2.75) is 45.8 Å². The van der Waals surface area contributed by atoms with E-state index in [1.54, 1.807) is 6.07 Å². The molecule has 2 N–H and O–H groups in total. The molecule has 0 aliphatic rings. The Morgan fingerprint density at radius 1 is 1.42 bits per heavy atom. The van der Waals surface area contributed by atoms with Gasteiger partial charge in [0.2, 0.25) is 0 Å². The molecule has 1 rings (SSSR count). The predicted octanol–water partition coefficient (Wildman–Crippen LogP) is 3.01. The summed E-state index contributed by atoms with van der Waals surface area (Å²) < 4.78 is 0. The Bertz CT molecular complexity index is 448. The van der Waals surface area contributed by atoms with E-state index in [-0.39, 0.29) is 12.0 Å². The van der Waals surface area contributed by atoms with Crippen molar-refractivity contribution >= 4 is 0 Å². The second-order valence-corrected chi connectivity index (χ2v) is 5.51. The summed E-state index contributed by atoms with van der Waals surface area (Å²) in [6, 6.07) is 9.83. The quantitative estimate of drug-likeness (QED) is 0.826. The van der Waals surface area contributed by atoms with Crippen LogP contribution in [0.1, 0.15) is 51.3 Å². The average Bonchev–Trinajstić information content (AvgIpc) is 2.43.